The van der Waals surface area contributed by atoms with Gasteiger partial charge in [-0.15, -0.1) is 0 Å². The van der Waals surface area contributed by atoms with Gasteiger partial charge in [-0.25, -0.2) is 0 Å². The Kier molecular flexibility index (Phi) is 7.63. The predicted molar refractivity (Wildman–Crippen MR) is 103 cm³/mol. The summed E-state index contributed by atoms with van der Waals surface area (Å²) in [6.45, 7) is 1.57. The fourth-order valence-corrected chi connectivity index (χ4v) is 2.67. The van der Waals surface area contributed by atoms with E-state index in [4.69, 9.17) is 9.47 Å². The Labute approximate surface area is 150 Å². The zero-order chi connectivity index (χ0) is 17.9. The van der Waals surface area contributed by atoms with E-state index in [1.54, 1.807) is 21.3 Å². The molecule has 2 N–H and O–H groups in total. The van der Waals surface area contributed by atoms with Crippen molar-refractivity contribution in [2.75, 3.05) is 34.4 Å². The van der Waals surface area contributed by atoms with E-state index >= 15 is 0 Å². The minimum Gasteiger partial charge on any atom is -0.496 e. The maximum atomic E-state index is 5.38. The maximum absolute atomic E-state index is 5.38. The number of guanidine groups is 1. The molecule has 2 rings (SSSR count). The van der Waals surface area contributed by atoms with Crippen LogP contribution in [0.3, 0.4) is 0 Å². The average Bonchev–Trinajstić information content (AvgIpc) is 2.67. The molecule has 0 amide bonds. The van der Waals surface area contributed by atoms with E-state index in [2.05, 4.69) is 27.8 Å². The molecule has 134 valence electrons. The summed E-state index contributed by atoms with van der Waals surface area (Å²) >= 11 is 0. The monoisotopic (exact) mass is 341 g/mol. The lowest BCUT2D eigenvalue weighted by Crippen LogP contribution is -2.39. The van der Waals surface area contributed by atoms with Crippen LogP contribution >= 0.6 is 0 Å². The Morgan fingerprint density at radius 3 is 1.64 bits per heavy atom. The van der Waals surface area contributed by atoms with Crippen molar-refractivity contribution in [2.45, 2.75) is 12.8 Å². The molecule has 0 unspecified atom stereocenters. The maximum Gasteiger partial charge on any atom is 0.190 e. The number of nitrogens with one attached hydrogen (secondary N) is 2. The smallest absolute Gasteiger partial charge is 0.190 e. The highest BCUT2D eigenvalue weighted by Gasteiger charge is 2.04. The summed E-state index contributed by atoms with van der Waals surface area (Å²) in [5, 5.41) is 6.67. The fourth-order valence-electron chi connectivity index (χ4n) is 2.67. The van der Waals surface area contributed by atoms with Crippen molar-refractivity contribution in [2.24, 2.45) is 4.99 Å². The zero-order valence-electron chi connectivity index (χ0n) is 15.2. The third-order valence-electron chi connectivity index (χ3n) is 3.98. The minimum absolute atomic E-state index is 0.786. The van der Waals surface area contributed by atoms with Gasteiger partial charge >= 0.3 is 0 Å². The Bertz CT molecular complexity index is 631. The SMILES string of the molecule is CN=C(NCCc1ccccc1OC)NCCc1ccccc1OC. The lowest BCUT2D eigenvalue weighted by molar-refractivity contribution is 0.409. The largest absolute Gasteiger partial charge is 0.496 e. The number of benzene rings is 2. The number of rotatable bonds is 8. The van der Waals surface area contributed by atoms with Crippen molar-refractivity contribution < 1.29 is 9.47 Å². The van der Waals surface area contributed by atoms with E-state index in [0.29, 0.717) is 0 Å². The van der Waals surface area contributed by atoms with Gasteiger partial charge in [-0.05, 0) is 36.1 Å². The first kappa shape index (κ1) is 18.6. The van der Waals surface area contributed by atoms with Gasteiger partial charge in [0, 0.05) is 20.1 Å². The molecule has 0 aliphatic heterocycles. The highest BCUT2D eigenvalue weighted by atomic mass is 16.5. The normalized spacial score (nSPS) is 10.0. The van der Waals surface area contributed by atoms with Gasteiger partial charge in [0.1, 0.15) is 11.5 Å². The molecule has 5 nitrogen and oxygen atoms in total. The van der Waals surface area contributed by atoms with Gasteiger partial charge in [0.2, 0.25) is 0 Å². The number of para-hydroxylation sites is 2. The molecule has 2 aromatic carbocycles. The molecule has 0 saturated heterocycles. The van der Waals surface area contributed by atoms with Crippen molar-refractivity contribution in [1.82, 2.24) is 10.6 Å². The zero-order valence-corrected chi connectivity index (χ0v) is 15.2. The highest BCUT2D eigenvalue weighted by Crippen LogP contribution is 2.18. The number of hydrogen-bond acceptors (Lipinski definition) is 3. The van der Waals surface area contributed by atoms with Gasteiger partial charge in [-0.2, -0.15) is 0 Å². The van der Waals surface area contributed by atoms with Crippen LogP contribution in [0.15, 0.2) is 53.5 Å². The number of aliphatic imine (C=N–C) groups is 1. The quantitative estimate of drug-likeness (QED) is 0.572. The Hall–Kier alpha value is -2.69. The molecular weight excluding hydrogens is 314 g/mol. The van der Waals surface area contributed by atoms with Crippen LogP contribution in [0, 0.1) is 0 Å². The van der Waals surface area contributed by atoms with Gasteiger partial charge < -0.3 is 20.1 Å². The predicted octanol–water partition coefficient (Wildman–Crippen LogP) is 2.65. The van der Waals surface area contributed by atoms with E-state index in [9.17, 15) is 0 Å². The fraction of sp³-hybridized carbons (Fsp3) is 0.350. The topological polar surface area (TPSA) is 54.9 Å². The lowest BCUT2D eigenvalue weighted by atomic mass is 10.1. The van der Waals surface area contributed by atoms with Crippen LogP contribution in [0.5, 0.6) is 11.5 Å². The summed E-state index contributed by atoms with van der Waals surface area (Å²) in [4.78, 5) is 4.27. The summed E-state index contributed by atoms with van der Waals surface area (Å²) in [5.74, 6) is 2.64. The molecule has 0 heterocycles. The van der Waals surface area contributed by atoms with Crippen molar-refractivity contribution in [3.05, 3.63) is 59.7 Å². The van der Waals surface area contributed by atoms with E-state index in [-0.39, 0.29) is 0 Å². The molecule has 2 aromatic rings. The first-order valence-corrected chi connectivity index (χ1v) is 8.46. The van der Waals surface area contributed by atoms with E-state index in [1.165, 1.54) is 11.1 Å². The standard InChI is InChI=1S/C20H27N3O2/c1-21-20(22-14-12-16-8-4-6-10-18(16)24-2)23-15-13-17-9-5-7-11-19(17)25-3/h4-11H,12-15H2,1-3H3,(H2,21,22,23). The third-order valence-corrected chi connectivity index (χ3v) is 3.98. The van der Waals surface area contributed by atoms with Gasteiger partial charge in [0.25, 0.3) is 0 Å². The second-order valence-electron chi connectivity index (χ2n) is 5.55. The van der Waals surface area contributed by atoms with Crippen LogP contribution in [-0.4, -0.2) is 40.3 Å². The van der Waals surface area contributed by atoms with Gasteiger partial charge in [-0.3, -0.25) is 4.99 Å². The molecule has 0 aliphatic rings. The first-order chi connectivity index (χ1) is 12.3. The molecule has 0 bridgehead atoms. The van der Waals surface area contributed by atoms with E-state index < -0.39 is 0 Å². The van der Waals surface area contributed by atoms with Crippen molar-refractivity contribution >= 4 is 5.96 Å². The number of nitrogens with zero attached hydrogens (tertiary/aromatic N) is 1. The Morgan fingerprint density at radius 2 is 1.24 bits per heavy atom. The molecule has 0 spiro atoms. The van der Waals surface area contributed by atoms with Gasteiger partial charge in [-0.1, -0.05) is 36.4 Å². The Balaban J connectivity index is 1.77. The summed E-state index contributed by atoms with van der Waals surface area (Å²) in [6.07, 6.45) is 1.74. The molecule has 0 aliphatic carbocycles. The molecule has 0 saturated carbocycles. The van der Waals surface area contributed by atoms with Crippen LogP contribution < -0.4 is 20.1 Å². The molecule has 5 heteroatoms. The molecule has 25 heavy (non-hydrogen) atoms. The number of methoxy groups -OCH3 is 2. The van der Waals surface area contributed by atoms with Crippen LogP contribution in [0.2, 0.25) is 0 Å². The second kappa shape index (κ2) is 10.2. The van der Waals surface area contributed by atoms with Gasteiger partial charge in [0.15, 0.2) is 5.96 Å². The Morgan fingerprint density at radius 1 is 0.800 bits per heavy atom. The van der Waals surface area contributed by atoms with E-state index in [0.717, 1.165) is 43.4 Å². The minimum atomic E-state index is 0.786. The second-order valence-corrected chi connectivity index (χ2v) is 5.55. The molecule has 0 radical (unpaired) electrons. The van der Waals surface area contributed by atoms with E-state index in [1.807, 2.05) is 36.4 Å². The summed E-state index contributed by atoms with van der Waals surface area (Å²) < 4.78 is 10.8. The number of hydrogen-bond donors (Lipinski definition) is 2. The third kappa shape index (κ3) is 5.71. The van der Waals surface area contributed by atoms with Crippen molar-refractivity contribution in [1.29, 1.82) is 0 Å². The molecule has 0 aromatic heterocycles. The van der Waals surface area contributed by atoms with Crippen LogP contribution in [-0.2, 0) is 12.8 Å². The molecule has 0 fully saturated rings. The first-order valence-electron chi connectivity index (χ1n) is 8.46. The van der Waals surface area contributed by atoms with Crippen molar-refractivity contribution in [3.8, 4) is 11.5 Å². The van der Waals surface area contributed by atoms with Crippen LogP contribution in [0.1, 0.15) is 11.1 Å². The highest BCUT2D eigenvalue weighted by molar-refractivity contribution is 5.79. The van der Waals surface area contributed by atoms with Crippen LogP contribution in [0.25, 0.3) is 0 Å². The summed E-state index contributed by atoms with van der Waals surface area (Å²) in [7, 11) is 5.18. The van der Waals surface area contributed by atoms with Crippen LogP contribution in [0.4, 0.5) is 0 Å². The molecular formula is C20H27N3O2. The summed E-state index contributed by atoms with van der Waals surface area (Å²) in [6, 6.07) is 16.1. The number of ether oxygens (including phenoxy) is 2. The molecule has 0 atom stereocenters. The summed E-state index contributed by atoms with van der Waals surface area (Å²) in [5.41, 5.74) is 2.36. The van der Waals surface area contributed by atoms with Crippen molar-refractivity contribution in [3.63, 3.8) is 0 Å². The van der Waals surface area contributed by atoms with Gasteiger partial charge in [0.05, 0.1) is 14.2 Å². The average molecular weight is 341 g/mol. The lowest BCUT2D eigenvalue weighted by Gasteiger charge is -2.14.